The topological polar surface area (TPSA) is 57.2 Å². The van der Waals surface area contributed by atoms with E-state index in [2.05, 4.69) is 0 Å². The Morgan fingerprint density at radius 3 is 1.25 bits per heavy atom. The van der Waals surface area contributed by atoms with Crippen LogP contribution >= 0.6 is 0 Å². The van der Waals surface area contributed by atoms with Crippen molar-refractivity contribution in [2.45, 2.75) is 0 Å². The Labute approximate surface area is 84.2 Å². The van der Waals surface area contributed by atoms with E-state index in [0.29, 0.717) is 0 Å². The first-order chi connectivity index (χ1) is 2.41. The third kappa shape index (κ3) is 228. The number of carbonyl (C=O) groups excluding carboxylic acids is 2. The van der Waals surface area contributed by atoms with Gasteiger partial charge in [-0.25, -0.2) is 0 Å². The standard InChI is InChI=1S/CO2.CH3O.Al.2Li.4H/c2-1-3;1-2;;;;;;;/h;1H3;;;;;;;/q;-1;;2*+1;;;;-1/i2*1-1;;;;;;;. The van der Waals surface area contributed by atoms with Gasteiger partial charge >= 0.3 is 43.9 Å². The predicted molar refractivity (Wildman–Crippen MR) is 22.0 cm³/mol. The summed E-state index contributed by atoms with van der Waals surface area (Å²) >= 11 is 0. The molecule has 0 heterocycles. The van der Waals surface area contributed by atoms with Gasteiger partial charge in [0.25, 0.3) is 0 Å². The van der Waals surface area contributed by atoms with Gasteiger partial charge in [0.15, 0.2) is 17.4 Å². The molecular formula is C2H7AlLi2O3. The summed E-state index contributed by atoms with van der Waals surface area (Å²) in [6, 6.07) is 0. The SMILES string of the molecule is O=[11C]=O.[11CH3][O-].[AlH3].[H-].[Li+].[Li+]. The van der Waals surface area contributed by atoms with Gasteiger partial charge in [-0.3, -0.25) is 0 Å². The second-order valence-electron chi connectivity index (χ2n) is 0.0833. The molecule has 0 aliphatic rings. The molecule has 0 amide bonds. The Kier molecular flexibility index (Phi) is 420. The zero-order chi connectivity index (χ0) is 4.71. The maximum Gasteiger partial charge on any atom is 1.00 e. The van der Waals surface area contributed by atoms with E-state index in [0.717, 1.165) is 7.11 Å². The molecule has 0 N–H and O–H groups in total. The van der Waals surface area contributed by atoms with Crippen LogP contribution in [0.15, 0.2) is 0 Å². The quantitative estimate of drug-likeness (QED) is 0.297. The normalized spacial score (nSPS) is 1.75. The summed E-state index contributed by atoms with van der Waals surface area (Å²) in [5.41, 5.74) is 0. The van der Waals surface area contributed by atoms with E-state index in [4.69, 9.17) is 14.7 Å². The first-order valence-corrected chi connectivity index (χ1v) is 0.816. The first kappa shape index (κ1) is 35.7. The fourth-order valence-corrected chi connectivity index (χ4v) is 0. The number of rotatable bonds is 0. The molecule has 0 saturated heterocycles. The molecule has 0 aromatic rings. The van der Waals surface area contributed by atoms with Crippen molar-refractivity contribution in [3.8, 4) is 0 Å². The molecule has 8 heavy (non-hydrogen) atoms. The van der Waals surface area contributed by atoms with Gasteiger partial charge in [0.05, 0.1) is 0 Å². The van der Waals surface area contributed by atoms with E-state index < -0.39 is 0 Å². The molecule has 0 aliphatic heterocycles. The maximum atomic E-state index is 8.25. The summed E-state index contributed by atoms with van der Waals surface area (Å²) in [6.45, 7) is 0. The number of hydrogen-bond donors (Lipinski definition) is 0. The van der Waals surface area contributed by atoms with Crippen LogP contribution in [0.2, 0.25) is 0 Å². The molecule has 38 valence electrons. The van der Waals surface area contributed by atoms with Crippen molar-refractivity contribution < 1.29 is 53.8 Å². The van der Waals surface area contributed by atoms with Crippen LogP contribution in [0, 0.1) is 0 Å². The molecule has 0 rings (SSSR count). The average Bonchev–Trinajstić information content (AvgIpc) is 1.46. The molecule has 0 bridgehead atoms. The monoisotopic (exact) mass is 118 g/mol. The van der Waals surface area contributed by atoms with Crippen molar-refractivity contribution in [3.63, 3.8) is 0 Å². The Hall–Kier alpha value is 1.07. The van der Waals surface area contributed by atoms with Gasteiger partial charge in [0.2, 0.25) is 0 Å². The second kappa shape index (κ2) is 94.3. The van der Waals surface area contributed by atoms with E-state index in [9.17, 15) is 0 Å². The molecule has 6 heteroatoms. The summed E-state index contributed by atoms with van der Waals surface area (Å²) in [5.74, 6) is 0. The largest absolute Gasteiger partial charge is 1.00 e. The molecule has 0 fully saturated rings. The van der Waals surface area contributed by atoms with Crippen molar-refractivity contribution in [1.29, 1.82) is 0 Å². The van der Waals surface area contributed by atoms with Crippen LogP contribution in [0.4, 0.5) is 0 Å². The number of hydrogen-bond acceptors (Lipinski definition) is 3. The fourth-order valence-electron chi connectivity index (χ4n) is 0. The summed E-state index contributed by atoms with van der Waals surface area (Å²) in [7, 11) is 0.750. The summed E-state index contributed by atoms with van der Waals surface area (Å²) in [5, 5.41) is 8.25. The molecule has 0 atom stereocenters. The van der Waals surface area contributed by atoms with Crippen LogP contribution in [0.1, 0.15) is 1.43 Å². The van der Waals surface area contributed by atoms with Crippen LogP contribution in [-0.2, 0) is 9.59 Å². The van der Waals surface area contributed by atoms with Gasteiger partial charge in [0.1, 0.15) is 0 Å². The van der Waals surface area contributed by atoms with Crippen molar-refractivity contribution in [1.82, 2.24) is 0 Å². The molecule has 0 aromatic carbocycles. The van der Waals surface area contributed by atoms with Gasteiger partial charge in [0, 0.05) is 0 Å². The van der Waals surface area contributed by atoms with E-state index in [1.165, 1.54) is 0 Å². The zero-order valence-corrected chi connectivity index (χ0v) is 4.72. The van der Waals surface area contributed by atoms with E-state index in [1.54, 1.807) is 0 Å². The third-order valence-electron chi connectivity index (χ3n) is 0. The summed E-state index contributed by atoms with van der Waals surface area (Å²) < 4.78 is 0. The Morgan fingerprint density at radius 1 is 1.25 bits per heavy atom. The van der Waals surface area contributed by atoms with Gasteiger partial charge in [-0.1, -0.05) is 0 Å². The van der Waals surface area contributed by atoms with Gasteiger partial charge in [-0.05, 0) is 0 Å². The van der Waals surface area contributed by atoms with E-state index >= 15 is 0 Å². The van der Waals surface area contributed by atoms with Crippen LogP contribution < -0.4 is 42.8 Å². The minimum atomic E-state index is 0. The Bertz CT molecular complexity index is 40.8. The fraction of sp³-hybridized carbons (Fsp3) is 0.500. The Balaban J connectivity index is -0.00000000357. The summed E-state index contributed by atoms with van der Waals surface area (Å²) in [4.78, 5) is 16.2. The predicted octanol–water partition coefficient (Wildman–Crippen LogP) is -8.67. The van der Waals surface area contributed by atoms with Crippen molar-refractivity contribution in [2.75, 3.05) is 7.11 Å². The molecule has 0 radical (unpaired) electrons. The molecule has 0 spiro atoms. The minimum absolute atomic E-state index is 0. The average molecular weight is 118 g/mol. The van der Waals surface area contributed by atoms with E-state index in [-0.39, 0.29) is 62.7 Å². The molecule has 3 nitrogen and oxygen atoms in total. The Morgan fingerprint density at radius 2 is 1.25 bits per heavy atom. The van der Waals surface area contributed by atoms with Crippen molar-refractivity contribution >= 4 is 23.5 Å². The zero-order valence-electron chi connectivity index (χ0n) is 5.72. The minimum Gasteiger partial charge on any atom is -1.00 e. The van der Waals surface area contributed by atoms with Crippen LogP contribution in [0.25, 0.3) is 0 Å². The molecule has 0 saturated carbocycles. The molecular weight excluding hydrogens is 111 g/mol. The first-order valence-electron chi connectivity index (χ1n) is 0.816. The molecule has 0 unspecified atom stereocenters. The second-order valence-corrected chi connectivity index (χ2v) is 0.0833. The third-order valence-corrected chi connectivity index (χ3v) is 0. The van der Waals surface area contributed by atoms with Crippen LogP contribution in [0.3, 0.4) is 0 Å². The van der Waals surface area contributed by atoms with Crippen molar-refractivity contribution in [3.05, 3.63) is 0 Å². The van der Waals surface area contributed by atoms with Gasteiger partial charge in [-0.15, -0.1) is 0 Å². The van der Waals surface area contributed by atoms with Crippen molar-refractivity contribution in [2.24, 2.45) is 0 Å². The summed E-state index contributed by atoms with van der Waals surface area (Å²) in [6.07, 6.45) is 0.250. The molecule has 0 aromatic heterocycles. The van der Waals surface area contributed by atoms with Crippen LogP contribution in [-0.4, -0.2) is 30.6 Å². The smallest absolute Gasteiger partial charge is 1.00 e. The molecule has 0 aliphatic carbocycles. The van der Waals surface area contributed by atoms with Crippen LogP contribution in [0.5, 0.6) is 0 Å². The van der Waals surface area contributed by atoms with Gasteiger partial charge in [-0.2, -0.15) is 16.7 Å². The maximum absolute atomic E-state index is 8.25. The van der Waals surface area contributed by atoms with Gasteiger partial charge < -0.3 is 6.53 Å². The van der Waals surface area contributed by atoms with E-state index in [1.807, 2.05) is 0 Å².